The van der Waals surface area contributed by atoms with E-state index in [1.807, 2.05) is 0 Å². The summed E-state index contributed by atoms with van der Waals surface area (Å²) in [7, 11) is 2.08. The predicted molar refractivity (Wildman–Crippen MR) is 76.7 cm³/mol. The molecule has 1 N–H and O–H groups in total. The third-order valence-electron chi connectivity index (χ3n) is 3.74. The fourth-order valence-corrected chi connectivity index (χ4v) is 2.73. The van der Waals surface area contributed by atoms with Crippen molar-refractivity contribution in [2.24, 2.45) is 0 Å². The largest absolute Gasteiger partial charge is 0.349 e. The summed E-state index contributed by atoms with van der Waals surface area (Å²) in [6.07, 6.45) is 1.81. The van der Waals surface area contributed by atoms with E-state index >= 15 is 0 Å². The molecule has 3 nitrogen and oxygen atoms in total. The molecular weight excluding hydrogens is 311 g/mol. The van der Waals surface area contributed by atoms with E-state index in [4.69, 9.17) is 0 Å². The molecule has 1 aromatic carbocycles. The maximum absolute atomic E-state index is 13.8. The van der Waals surface area contributed by atoms with Gasteiger partial charge in [-0.25, -0.2) is 4.39 Å². The second-order valence-electron chi connectivity index (χ2n) is 5.13. The molecule has 5 heteroatoms. The lowest BCUT2D eigenvalue weighted by Crippen LogP contribution is -2.47. The van der Waals surface area contributed by atoms with Crippen molar-refractivity contribution in [2.45, 2.75) is 31.8 Å². The van der Waals surface area contributed by atoms with E-state index in [0.717, 1.165) is 19.4 Å². The number of hydrogen-bond donors (Lipinski definition) is 1. The highest BCUT2D eigenvalue weighted by Gasteiger charge is 2.25. The van der Waals surface area contributed by atoms with Crippen LogP contribution in [0.15, 0.2) is 22.7 Å². The van der Waals surface area contributed by atoms with Crippen molar-refractivity contribution in [3.8, 4) is 0 Å². The number of halogens is 2. The lowest BCUT2D eigenvalue weighted by molar-refractivity contribution is 0.0892. The molecule has 1 aromatic rings. The van der Waals surface area contributed by atoms with Crippen molar-refractivity contribution in [1.29, 1.82) is 0 Å². The van der Waals surface area contributed by atoms with Crippen LogP contribution in [0, 0.1) is 5.82 Å². The minimum absolute atomic E-state index is 0.0981. The second kappa shape index (κ2) is 6.01. The predicted octanol–water partition coefficient (Wildman–Crippen LogP) is 2.80. The van der Waals surface area contributed by atoms with Crippen molar-refractivity contribution in [2.75, 3.05) is 13.6 Å². The zero-order chi connectivity index (χ0) is 14.0. The van der Waals surface area contributed by atoms with Crippen LogP contribution in [0.1, 0.15) is 30.1 Å². The average Bonchev–Trinajstić information content (AvgIpc) is 2.37. The van der Waals surface area contributed by atoms with Gasteiger partial charge in [-0.15, -0.1) is 0 Å². The molecule has 2 rings (SSSR count). The van der Waals surface area contributed by atoms with Gasteiger partial charge < -0.3 is 10.2 Å². The summed E-state index contributed by atoms with van der Waals surface area (Å²) in [4.78, 5) is 14.4. The zero-order valence-electron chi connectivity index (χ0n) is 11.1. The Balaban J connectivity index is 2.03. The van der Waals surface area contributed by atoms with Crippen LogP contribution in [0.5, 0.6) is 0 Å². The van der Waals surface area contributed by atoms with Crippen LogP contribution in [0.2, 0.25) is 0 Å². The standard InChI is InChI=1S/C14H18BrFN2O/c1-9-8-10(6-7-18(9)2)17-14(19)11-4-3-5-12(15)13(11)16/h3-5,9-10H,6-8H2,1-2H3,(H,17,19). The first-order valence-electron chi connectivity index (χ1n) is 6.44. The summed E-state index contributed by atoms with van der Waals surface area (Å²) in [5, 5.41) is 2.93. The van der Waals surface area contributed by atoms with Crippen LogP contribution in [-0.2, 0) is 0 Å². The van der Waals surface area contributed by atoms with Crippen molar-refractivity contribution in [1.82, 2.24) is 10.2 Å². The molecule has 19 heavy (non-hydrogen) atoms. The zero-order valence-corrected chi connectivity index (χ0v) is 12.7. The summed E-state index contributed by atoms with van der Waals surface area (Å²) in [5.41, 5.74) is 0.0981. The van der Waals surface area contributed by atoms with E-state index in [1.165, 1.54) is 6.07 Å². The molecule has 0 aromatic heterocycles. The van der Waals surface area contributed by atoms with E-state index in [1.54, 1.807) is 12.1 Å². The van der Waals surface area contributed by atoms with Gasteiger partial charge in [0.15, 0.2) is 0 Å². The Labute approximate surface area is 121 Å². The highest BCUT2D eigenvalue weighted by Crippen LogP contribution is 2.20. The second-order valence-corrected chi connectivity index (χ2v) is 5.98. The number of amides is 1. The Morgan fingerprint density at radius 3 is 2.95 bits per heavy atom. The molecule has 2 unspecified atom stereocenters. The molecule has 0 radical (unpaired) electrons. The van der Waals surface area contributed by atoms with Crippen LogP contribution in [-0.4, -0.2) is 36.5 Å². The molecule has 1 aliphatic heterocycles. The van der Waals surface area contributed by atoms with Gasteiger partial charge in [0.05, 0.1) is 10.0 Å². The third kappa shape index (κ3) is 3.34. The van der Waals surface area contributed by atoms with Gasteiger partial charge in [0.1, 0.15) is 5.82 Å². The minimum Gasteiger partial charge on any atom is -0.349 e. The number of benzene rings is 1. The average molecular weight is 329 g/mol. The summed E-state index contributed by atoms with van der Waals surface area (Å²) in [6.45, 7) is 3.09. The molecule has 0 aliphatic carbocycles. The van der Waals surface area contributed by atoms with Crippen LogP contribution in [0.25, 0.3) is 0 Å². The number of nitrogens with zero attached hydrogens (tertiary/aromatic N) is 1. The van der Waals surface area contributed by atoms with Gasteiger partial charge in [-0.05, 0) is 54.9 Å². The fraction of sp³-hybridized carbons (Fsp3) is 0.500. The maximum Gasteiger partial charge on any atom is 0.254 e. The smallest absolute Gasteiger partial charge is 0.254 e. The van der Waals surface area contributed by atoms with E-state index < -0.39 is 5.82 Å². The number of piperidine rings is 1. The SMILES string of the molecule is CC1CC(NC(=O)c2cccc(Br)c2F)CCN1C. The Bertz CT molecular complexity index is 481. The van der Waals surface area contributed by atoms with Gasteiger partial charge in [-0.1, -0.05) is 6.07 Å². The first kappa shape index (κ1) is 14.5. The third-order valence-corrected chi connectivity index (χ3v) is 4.35. The minimum atomic E-state index is -0.499. The number of nitrogens with one attached hydrogen (secondary N) is 1. The lowest BCUT2D eigenvalue weighted by Gasteiger charge is -2.35. The van der Waals surface area contributed by atoms with E-state index in [-0.39, 0.29) is 17.5 Å². The number of rotatable bonds is 2. The highest BCUT2D eigenvalue weighted by molar-refractivity contribution is 9.10. The van der Waals surface area contributed by atoms with E-state index in [2.05, 4.69) is 40.1 Å². The monoisotopic (exact) mass is 328 g/mol. The van der Waals surface area contributed by atoms with Crippen LogP contribution in [0.3, 0.4) is 0 Å². The molecule has 1 fully saturated rings. The molecule has 0 saturated carbocycles. The van der Waals surface area contributed by atoms with Gasteiger partial charge in [0.2, 0.25) is 0 Å². The number of hydrogen-bond acceptors (Lipinski definition) is 2. The number of carbonyl (C=O) groups excluding carboxylic acids is 1. The van der Waals surface area contributed by atoms with Gasteiger partial charge in [0, 0.05) is 18.6 Å². The van der Waals surface area contributed by atoms with Crippen molar-refractivity contribution < 1.29 is 9.18 Å². The van der Waals surface area contributed by atoms with Crippen LogP contribution < -0.4 is 5.32 Å². The van der Waals surface area contributed by atoms with Crippen molar-refractivity contribution >= 4 is 21.8 Å². The Kier molecular flexibility index (Phi) is 4.58. The molecule has 1 heterocycles. The van der Waals surface area contributed by atoms with Crippen LogP contribution in [0.4, 0.5) is 4.39 Å². The van der Waals surface area contributed by atoms with E-state index in [9.17, 15) is 9.18 Å². The van der Waals surface area contributed by atoms with Gasteiger partial charge >= 0.3 is 0 Å². The summed E-state index contributed by atoms with van der Waals surface area (Å²) in [5.74, 6) is -0.832. The normalized spacial score (nSPS) is 24.2. The molecule has 0 bridgehead atoms. The molecule has 2 atom stereocenters. The fourth-order valence-electron chi connectivity index (χ4n) is 2.36. The molecule has 1 aliphatic rings. The number of carbonyl (C=O) groups is 1. The molecular formula is C14H18BrFN2O. The first-order valence-corrected chi connectivity index (χ1v) is 7.23. The van der Waals surface area contributed by atoms with Gasteiger partial charge in [-0.3, -0.25) is 4.79 Å². The summed E-state index contributed by atoms with van der Waals surface area (Å²) in [6, 6.07) is 5.32. The Morgan fingerprint density at radius 1 is 1.53 bits per heavy atom. The van der Waals surface area contributed by atoms with Crippen LogP contribution >= 0.6 is 15.9 Å². The lowest BCUT2D eigenvalue weighted by atomic mass is 9.98. The Morgan fingerprint density at radius 2 is 2.26 bits per heavy atom. The molecule has 104 valence electrons. The van der Waals surface area contributed by atoms with Crippen molar-refractivity contribution in [3.63, 3.8) is 0 Å². The summed E-state index contributed by atoms with van der Waals surface area (Å²) < 4.78 is 14.1. The van der Waals surface area contributed by atoms with Gasteiger partial charge in [0.25, 0.3) is 5.91 Å². The maximum atomic E-state index is 13.8. The summed E-state index contributed by atoms with van der Waals surface area (Å²) >= 11 is 3.10. The molecule has 1 saturated heterocycles. The van der Waals surface area contributed by atoms with Gasteiger partial charge in [-0.2, -0.15) is 0 Å². The Hall–Kier alpha value is -0.940. The molecule has 1 amide bonds. The first-order chi connectivity index (χ1) is 8.99. The van der Waals surface area contributed by atoms with Crippen molar-refractivity contribution in [3.05, 3.63) is 34.1 Å². The molecule has 0 spiro atoms. The number of likely N-dealkylation sites (tertiary alicyclic amines) is 1. The highest BCUT2D eigenvalue weighted by atomic mass is 79.9. The quantitative estimate of drug-likeness (QED) is 0.905. The van der Waals surface area contributed by atoms with E-state index in [0.29, 0.717) is 10.5 Å². The topological polar surface area (TPSA) is 32.3 Å².